The van der Waals surface area contributed by atoms with Crippen molar-refractivity contribution in [2.24, 2.45) is 5.92 Å². The second-order valence-corrected chi connectivity index (χ2v) is 7.38. The molecular formula is C16H17F3N4O2S. The SMILES string of the molecule is Cc1sc2nc(Cn3ccc(C(F)(F)F)n3)cc(=O)n2c1CC(C)CO. The smallest absolute Gasteiger partial charge is 0.396 e. The zero-order valence-corrected chi connectivity index (χ0v) is 14.9. The molecule has 26 heavy (non-hydrogen) atoms. The third-order valence-electron chi connectivity index (χ3n) is 3.97. The second-order valence-electron chi connectivity index (χ2n) is 6.20. The monoisotopic (exact) mass is 386 g/mol. The van der Waals surface area contributed by atoms with Crippen molar-refractivity contribution in [2.75, 3.05) is 6.61 Å². The van der Waals surface area contributed by atoms with Crippen molar-refractivity contribution in [3.63, 3.8) is 0 Å². The Morgan fingerprint density at radius 1 is 1.38 bits per heavy atom. The molecule has 0 saturated heterocycles. The van der Waals surface area contributed by atoms with E-state index in [-0.39, 0.29) is 24.6 Å². The Hall–Kier alpha value is -2.20. The summed E-state index contributed by atoms with van der Waals surface area (Å²) in [6.07, 6.45) is -2.76. The molecule has 0 fully saturated rings. The van der Waals surface area contributed by atoms with Gasteiger partial charge in [0.05, 0.1) is 12.2 Å². The number of aromatic nitrogens is 4. The van der Waals surface area contributed by atoms with Crippen molar-refractivity contribution in [3.8, 4) is 0 Å². The first-order valence-electron chi connectivity index (χ1n) is 7.91. The van der Waals surface area contributed by atoms with Crippen LogP contribution in [0.2, 0.25) is 0 Å². The fourth-order valence-electron chi connectivity index (χ4n) is 2.65. The summed E-state index contributed by atoms with van der Waals surface area (Å²) in [6, 6.07) is 2.19. The minimum absolute atomic E-state index is 0.00272. The van der Waals surface area contributed by atoms with Crippen molar-refractivity contribution in [1.82, 2.24) is 19.2 Å². The van der Waals surface area contributed by atoms with Gasteiger partial charge in [-0.15, -0.1) is 11.3 Å². The third kappa shape index (κ3) is 3.65. The predicted molar refractivity (Wildman–Crippen MR) is 90.4 cm³/mol. The largest absolute Gasteiger partial charge is 0.435 e. The van der Waals surface area contributed by atoms with Crippen LogP contribution in [-0.2, 0) is 19.1 Å². The third-order valence-corrected chi connectivity index (χ3v) is 4.97. The minimum atomic E-state index is -4.51. The molecule has 1 unspecified atom stereocenters. The Bertz CT molecular complexity index is 990. The van der Waals surface area contributed by atoms with E-state index in [0.29, 0.717) is 17.1 Å². The average Bonchev–Trinajstić information content (AvgIpc) is 3.12. The van der Waals surface area contributed by atoms with Crippen molar-refractivity contribution < 1.29 is 18.3 Å². The minimum Gasteiger partial charge on any atom is -0.396 e. The topological polar surface area (TPSA) is 72.4 Å². The van der Waals surface area contributed by atoms with Crippen LogP contribution in [0.15, 0.2) is 23.1 Å². The standard InChI is InChI=1S/C16H17F3N4O2S/c1-9(8-24)5-12-10(2)26-15-20-11(6-14(25)23(12)15)7-22-4-3-13(21-22)16(17,18)19/h3-4,6,9,24H,5,7-8H2,1-2H3. The maximum Gasteiger partial charge on any atom is 0.435 e. The number of hydrogen-bond donors (Lipinski definition) is 1. The molecule has 3 rings (SSSR count). The lowest BCUT2D eigenvalue weighted by Crippen LogP contribution is -2.19. The summed E-state index contributed by atoms with van der Waals surface area (Å²) in [6.45, 7) is 3.74. The first-order chi connectivity index (χ1) is 12.2. The van der Waals surface area contributed by atoms with E-state index in [0.717, 1.165) is 21.3 Å². The highest BCUT2D eigenvalue weighted by atomic mass is 32.1. The molecule has 0 radical (unpaired) electrons. The van der Waals surface area contributed by atoms with Crippen molar-refractivity contribution in [2.45, 2.75) is 33.0 Å². The highest BCUT2D eigenvalue weighted by Gasteiger charge is 2.33. The van der Waals surface area contributed by atoms with Gasteiger partial charge in [-0.3, -0.25) is 13.9 Å². The Morgan fingerprint density at radius 3 is 2.73 bits per heavy atom. The number of aryl methyl sites for hydroxylation is 1. The first-order valence-corrected chi connectivity index (χ1v) is 8.73. The number of aliphatic hydroxyl groups excluding tert-OH is 1. The van der Waals surface area contributed by atoms with Gasteiger partial charge in [0.25, 0.3) is 5.56 Å². The van der Waals surface area contributed by atoms with Gasteiger partial charge in [0.15, 0.2) is 10.7 Å². The van der Waals surface area contributed by atoms with Gasteiger partial charge in [0.1, 0.15) is 0 Å². The molecule has 140 valence electrons. The molecule has 0 saturated carbocycles. The summed E-state index contributed by atoms with van der Waals surface area (Å²) in [4.78, 5) is 18.3. The Labute approximate surface area is 150 Å². The fraction of sp³-hybridized carbons (Fsp3) is 0.438. The number of rotatable bonds is 5. The Balaban J connectivity index is 1.94. The molecule has 3 heterocycles. The molecule has 1 N–H and O–H groups in total. The molecular weight excluding hydrogens is 369 g/mol. The summed E-state index contributed by atoms with van der Waals surface area (Å²) in [5, 5.41) is 12.7. The summed E-state index contributed by atoms with van der Waals surface area (Å²) in [7, 11) is 0. The normalized spacial score (nSPS) is 13.5. The van der Waals surface area contributed by atoms with Crippen LogP contribution in [0.25, 0.3) is 4.96 Å². The molecule has 0 aliphatic heterocycles. The lowest BCUT2D eigenvalue weighted by Gasteiger charge is -2.08. The molecule has 0 bridgehead atoms. The van der Waals surface area contributed by atoms with Crippen LogP contribution in [0.4, 0.5) is 13.2 Å². The van der Waals surface area contributed by atoms with Crippen LogP contribution >= 0.6 is 11.3 Å². The molecule has 1 atom stereocenters. The van der Waals surface area contributed by atoms with E-state index in [2.05, 4.69) is 10.1 Å². The van der Waals surface area contributed by atoms with Gasteiger partial charge < -0.3 is 5.11 Å². The van der Waals surface area contributed by atoms with Gasteiger partial charge in [-0.1, -0.05) is 6.92 Å². The van der Waals surface area contributed by atoms with E-state index in [4.69, 9.17) is 0 Å². The number of fused-ring (bicyclic) bond motifs is 1. The molecule has 0 spiro atoms. The number of thiazole rings is 1. The number of halogens is 3. The van der Waals surface area contributed by atoms with E-state index >= 15 is 0 Å². The maximum atomic E-state index is 12.6. The van der Waals surface area contributed by atoms with Gasteiger partial charge in [-0.25, -0.2) is 4.98 Å². The van der Waals surface area contributed by atoms with Crippen molar-refractivity contribution in [1.29, 1.82) is 0 Å². The summed E-state index contributed by atoms with van der Waals surface area (Å²) < 4.78 is 40.5. The van der Waals surface area contributed by atoms with Crippen molar-refractivity contribution in [3.05, 3.63) is 50.6 Å². The molecule has 10 heteroatoms. The van der Waals surface area contributed by atoms with Crippen molar-refractivity contribution >= 4 is 16.3 Å². The van der Waals surface area contributed by atoms with Gasteiger partial charge in [-0.05, 0) is 25.3 Å². The predicted octanol–water partition coefficient (Wildman–Crippen LogP) is 2.50. The van der Waals surface area contributed by atoms with Crippen LogP contribution in [0, 0.1) is 12.8 Å². The van der Waals surface area contributed by atoms with E-state index < -0.39 is 11.9 Å². The summed E-state index contributed by atoms with van der Waals surface area (Å²) >= 11 is 1.34. The van der Waals surface area contributed by atoms with Crippen LogP contribution in [0.5, 0.6) is 0 Å². The summed E-state index contributed by atoms with van der Waals surface area (Å²) in [5.74, 6) is 0.00272. The van der Waals surface area contributed by atoms with Gasteiger partial charge >= 0.3 is 6.18 Å². The van der Waals surface area contributed by atoms with Crippen LogP contribution in [0.1, 0.15) is 28.9 Å². The molecule has 3 aromatic rings. The zero-order valence-electron chi connectivity index (χ0n) is 14.1. The molecule has 0 amide bonds. The molecule has 0 aliphatic rings. The zero-order chi connectivity index (χ0) is 19.1. The van der Waals surface area contributed by atoms with Crippen LogP contribution < -0.4 is 5.56 Å². The number of alkyl halides is 3. The summed E-state index contributed by atoms with van der Waals surface area (Å²) in [5.41, 5.74) is -0.135. The van der Waals surface area contributed by atoms with Gasteiger partial charge in [-0.2, -0.15) is 18.3 Å². The lowest BCUT2D eigenvalue weighted by atomic mass is 10.1. The van der Waals surface area contributed by atoms with Crippen LogP contribution in [0.3, 0.4) is 0 Å². The van der Waals surface area contributed by atoms with Gasteiger partial charge in [0, 0.05) is 29.4 Å². The molecule has 3 aromatic heterocycles. The quantitative estimate of drug-likeness (QED) is 0.731. The molecule has 0 aliphatic carbocycles. The van der Waals surface area contributed by atoms with Gasteiger partial charge in [0.2, 0.25) is 0 Å². The fourth-order valence-corrected chi connectivity index (χ4v) is 3.67. The molecule has 6 nitrogen and oxygen atoms in total. The highest BCUT2D eigenvalue weighted by Crippen LogP contribution is 2.27. The highest BCUT2D eigenvalue weighted by molar-refractivity contribution is 7.17. The van der Waals surface area contributed by atoms with E-state index in [1.54, 1.807) is 0 Å². The number of aliphatic hydroxyl groups is 1. The van der Waals surface area contributed by atoms with E-state index in [9.17, 15) is 23.1 Å². The molecule has 0 aromatic carbocycles. The Morgan fingerprint density at radius 2 is 2.12 bits per heavy atom. The first kappa shape index (κ1) is 18.6. The number of nitrogens with zero attached hydrogens (tertiary/aromatic N) is 4. The van der Waals surface area contributed by atoms with E-state index in [1.165, 1.54) is 28.0 Å². The van der Waals surface area contributed by atoms with E-state index in [1.807, 2.05) is 13.8 Å². The average molecular weight is 386 g/mol. The second kappa shape index (κ2) is 6.84. The maximum absolute atomic E-state index is 12.6. The Kier molecular flexibility index (Phi) is 4.89. The van der Waals surface area contributed by atoms with Crippen LogP contribution in [-0.4, -0.2) is 30.9 Å². The number of hydrogen-bond acceptors (Lipinski definition) is 5. The lowest BCUT2D eigenvalue weighted by molar-refractivity contribution is -0.141.